The van der Waals surface area contributed by atoms with Crippen molar-refractivity contribution in [3.63, 3.8) is 0 Å². The van der Waals surface area contributed by atoms with E-state index in [-0.39, 0.29) is 0 Å². The lowest BCUT2D eigenvalue weighted by atomic mass is 9.75. The van der Waals surface area contributed by atoms with E-state index < -0.39 is 11.5 Å². The Hall–Kier alpha value is -0.570. The van der Waals surface area contributed by atoms with Gasteiger partial charge in [-0.3, -0.25) is 4.79 Å². The second kappa shape index (κ2) is 6.39. The lowest BCUT2D eigenvalue weighted by Gasteiger charge is -2.31. The summed E-state index contributed by atoms with van der Waals surface area (Å²) in [5.41, 5.74) is 4.74. The van der Waals surface area contributed by atoms with E-state index in [0.717, 1.165) is 18.8 Å². The van der Waals surface area contributed by atoms with Gasteiger partial charge in [0.25, 0.3) is 0 Å². The van der Waals surface area contributed by atoms with Crippen molar-refractivity contribution in [1.82, 2.24) is 0 Å². The number of hydrogen-bond acceptors (Lipinski definition) is 2. The Kier molecular flexibility index (Phi) is 5.44. The topological polar surface area (TPSA) is 63.3 Å². The molecule has 0 saturated heterocycles. The van der Waals surface area contributed by atoms with E-state index in [4.69, 9.17) is 10.8 Å². The highest BCUT2D eigenvalue weighted by Crippen LogP contribution is 2.35. The lowest BCUT2D eigenvalue weighted by molar-refractivity contribution is -0.143. The Morgan fingerprint density at radius 3 is 2.47 bits per heavy atom. The Bertz CT molecular complexity index is 245. The molecule has 2 atom stereocenters. The van der Waals surface area contributed by atoms with E-state index in [2.05, 4.69) is 6.92 Å². The van der Waals surface area contributed by atoms with Gasteiger partial charge in [0.05, 0.1) is 0 Å². The summed E-state index contributed by atoms with van der Waals surface area (Å²) < 4.78 is 0. The molecule has 3 heteroatoms. The first-order valence-electron chi connectivity index (χ1n) is 6.99. The lowest BCUT2D eigenvalue weighted by Crippen LogP contribution is -2.45. The van der Waals surface area contributed by atoms with Crippen LogP contribution >= 0.6 is 0 Å². The molecule has 3 N–H and O–H groups in total. The van der Waals surface area contributed by atoms with Crippen LogP contribution < -0.4 is 5.73 Å². The average Bonchev–Trinajstić information content (AvgIpc) is 2.31. The molecule has 2 unspecified atom stereocenters. The quantitative estimate of drug-likeness (QED) is 0.750. The first-order valence-corrected chi connectivity index (χ1v) is 6.99. The van der Waals surface area contributed by atoms with Crippen LogP contribution in [0.1, 0.15) is 65.2 Å². The molecular formula is C14H27NO2. The van der Waals surface area contributed by atoms with Crippen LogP contribution in [0, 0.1) is 11.8 Å². The summed E-state index contributed by atoms with van der Waals surface area (Å²) in [5.74, 6) is 0.590. The Morgan fingerprint density at radius 2 is 2.00 bits per heavy atom. The van der Waals surface area contributed by atoms with Crippen LogP contribution in [0.2, 0.25) is 0 Å². The highest BCUT2D eigenvalue weighted by atomic mass is 16.4. The van der Waals surface area contributed by atoms with Crippen molar-refractivity contribution < 1.29 is 9.90 Å². The smallest absolute Gasteiger partial charge is 0.323 e. The maximum absolute atomic E-state index is 11.0. The predicted molar refractivity (Wildman–Crippen MR) is 69.8 cm³/mol. The van der Waals surface area contributed by atoms with E-state index in [0.29, 0.717) is 12.3 Å². The van der Waals surface area contributed by atoms with Gasteiger partial charge in [0.1, 0.15) is 5.54 Å². The number of carbonyl (C=O) groups is 1. The van der Waals surface area contributed by atoms with Crippen LogP contribution in [0.4, 0.5) is 0 Å². The number of carboxylic acid groups (broad SMARTS) is 1. The zero-order valence-electron chi connectivity index (χ0n) is 11.2. The van der Waals surface area contributed by atoms with E-state index in [1.165, 1.54) is 32.1 Å². The van der Waals surface area contributed by atoms with Crippen molar-refractivity contribution in [3.05, 3.63) is 0 Å². The van der Waals surface area contributed by atoms with Gasteiger partial charge in [0.2, 0.25) is 0 Å². The van der Waals surface area contributed by atoms with Crippen LogP contribution in [-0.4, -0.2) is 16.6 Å². The molecule has 1 fully saturated rings. The van der Waals surface area contributed by atoms with Crippen LogP contribution in [0.3, 0.4) is 0 Å². The molecule has 0 spiro atoms. The minimum Gasteiger partial charge on any atom is -0.480 e. The molecule has 1 aliphatic carbocycles. The fraction of sp³-hybridized carbons (Fsp3) is 0.929. The first kappa shape index (κ1) is 14.5. The summed E-state index contributed by atoms with van der Waals surface area (Å²) in [5, 5.41) is 9.01. The Morgan fingerprint density at radius 1 is 1.41 bits per heavy atom. The van der Waals surface area contributed by atoms with Gasteiger partial charge in [0.15, 0.2) is 0 Å². The van der Waals surface area contributed by atoms with Crippen LogP contribution in [0.15, 0.2) is 0 Å². The van der Waals surface area contributed by atoms with Crippen molar-refractivity contribution >= 4 is 5.97 Å². The van der Waals surface area contributed by atoms with Gasteiger partial charge < -0.3 is 10.8 Å². The molecule has 1 aliphatic rings. The minimum absolute atomic E-state index is 0.595. The van der Waals surface area contributed by atoms with Gasteiger partial charge in [-0.15, -0.1) is 0 Å². The highest BCUT2D eigenvalue weighted by molar-refractivity contribution is 5.77. The second-order valence-corrected chi connectivity index (χ2v) is 5.83. The molecule has 0 aromatic rings. The van der Waals surface area contributed by atoms with E-state index >= 15 is 0 Å². The van der Waals surface area contributed by atoms with Crippen molar-refractivity contribution in [3.8, 4) is 0 Å². The number of rotatable bonds is 6. The molecule has 0 aromatic carbocycles. The summed E-state index contributed by atoms with van der Waals surface area (Å²) in [6, 6.07) is 0. The summed E-state index contributed by atoms with van der Waals surface area (Å²) in [6.07, 6.45) is 9.43. The largest absolute Gasteiger partial charge is 0.480 e. The maximum atomic E-state index is 11.0. The van der Waals surface area contributed by atoms with Gasteiger partial charge in [-0.1, -0.05) is 45.4 Å². The van der Waals surface area contributed by atoms with Gasteiger partial charge in [-0.25, -0.2) is 0 Å². The van der Waals surface area contributed by atoms with Gasteiger partial charge in [-0.2, -0.15) is 0 Å². The number of nitrogens with two attached hydrogens (primary N) is 1. The minimum atomic E-state index is -1.05. The predicted octanol–water partition coefficient (Wildman–Crippen LogP) is 3.18. The third-order valence-electron chi connectivity index (χ3n) is 4.36. The Balaban J connectivity index is 2.43. The number of aliphatic carboxylic acids is 1. The Labute approximate surface area is 105 Å². The monoisotopic (exact) mass is 241 g/mol. The molecule has 1 rings (SSSR count). The third-order valence-corrected chi connectivity index (χ3v) is 4.36. The number of carboxylic acids is 1. The molecule has 0 aliphatic heterocycles. The van der Waals surface area contributed by atoms with Gasteiger partial charge in [-0.05, 0) is 31.6 Å². The molecule has 0 heterocycles. The van der Waals surface area contributed by atoms with Crippen LogP contribution in [0.25, 0.3) is 0 Å². The molecule has 17 heavy (non-hydrogen) atoms. The SMILES string of the molecule is CCC(CCC(C)(N)C(=O)O)C1CCCCC1. The normalized spacial score (nSPS) is 23.0. The zero-order chi connectivity index (χ0) is 12.9. The molecule has 1 saturated carbocycles. The summed E-state index contributed by atoms with van der Waals surface area (Å²) in [4.78, 5) is 11.0. The maximum Gasteiger partial charge on any atom is 0.323 e. The average molecular weight is 241 g/mol. The van der Waals surface area contributed by atoms with E-state index in [9.17, 15) is 4.79 Å². The first-order chi connectivity index (χ1) is 7.97. The molecule has 0 bridgehead atoms. The van der Waals surface area contributed by atoms with Crippen LogP contribution in [-0.2, 0) is 4.79 Å². The fourth-order valence-corrected chi connectivity index (χ4v) is 2.97. The summed E-state index contributed by atoms with van der Waals surface area (Å²) in [7, 11) is 0. The zero-order valence-corrected chi connectivity index (χ0v) is 11.2. The molecule has 0 radical (unpaired) electrons. The molecule has 3 nitrogen and oxygen atoms in total. The second-order valence-electron chi connectivity index (χ2n) is 5.83. The van der Waals surface area contributed by atoms with Crippen molar-refractivity contribution in [2.24, 2.45) is 17.6 Å². The molecular weight excluding hydrogens is 214 g/mol. The van der Waals surface area contributed by atoms with Crippen molar-refractivity contribution in [1.29, 1.82) is 0 Å². The van der Waals surface area contributed by atoms with Crippen molar-refractivity contribution in [2.75, 3.05) is 0 Å². The van der Waals surface area contributed by atoms with Gasteiger partial charge >= 0.3 is 5.97 Å². The van der Waals surface area contributed by atoms with Crippen molar-refractivity contribution in [2.45, 2.75) is 70.8 Å². The molecule has 100 valence electrons. The van der Waals surface area contributed by atoms with Crippen LogP contribution in [0.5, 0.6) is 0 Å². The van der Waals surface area contributed by atoms with E-state index in [1.807, 2.05) is 0 Å². The molecule has 0 aromatic heterocycles. The molecule has 0 amide bonds. The van der Waals surface area contributed by atoms with E-state index in [1.54, 1.807) is 6.92 Å². The highest BCUT2D eigenvalue weighted by Gasteiger charge is 2.30. The summed E-state index contributed by atoms with van der Waals surface area (Å²) >= 11 is 0. The van der Waals surface area contributed by atoms with Gasteiger partial charge in [0, 0.05) is 0 Å². The summed E-state index contributed by atoms with van der Waals surface area (Å²) in [6.45, 7) is 3.84. The third kappa shape index (κ3) is 4.30. The fourth-order valence-electron chi connectivity index (χ4n) is 2.97. The number of hydrogen-bond donors (Lipinski definition) is 2. The standard InChI is InChI=1S/C14H27NO2/c1-3-11(12-7-5-4-6-8-12)9-10-14(2,15)13(16)17/h11-12H,3-10,15H2,1-2H3,(H,16,17).